The van der Waals surface area contributed by atoms with Crippen LogP contribution in [0.5, 0.6) is 0 Å². The molecule has 43 heavy (non-hydrogen) atoms. The van der Waals surface area contributed by atoms with Gasteiger partial charge in [0.25, 0.3) is 0 Å². The van der Waals surface area contributed by atoms with Gasteiger partial charge in [0, 0.05) is 13.0 Å². The van der Waals surface area contributed by atoms with Crippen LogP contribution in [0.15, 0.2) is 48.5 Å². The smallest absolute Gasteiger partial charge is 0.408 e. The Balaban J connectivity index is 2.52. The predicted octanol–water partition coefficient (Wildman–Crippen LogP) is 4.15. The number of amides is 3. The van der Waals surface area contributed by atoms with Crippen LogP contribution < -0.4 is 10.6 Å². The van der Waals surface area contributed by atoms with Crippen molar-refractivity contribution < 1.29 is 33.8 Å². The number of ether oxygens (including phenoxy) is 2. The second-order valence-electron chi connectivity index (χ2n) is 12.6. The van der Waals surface area contributed by atoms with Gasteiger partial charge in [-0.3, -0.25) is 9.59 Å². The van der Waals surface area contributed by atoms with Crippen molar-refractivity contribution in [3.63, 3.8) is 0 Å². The molecule has 2 rings (SSSR count). The van der Waals surface area contributed by atoms with E-state index in [-0.39, 0.29) is 13.0 Å². The van der Waals surface area contributed by atoms with Crippen LogP contribution in [0.2, 0.25) is 0 Å². The van der Waals surface area contributed by atoms with E-state index < -0.39 is 59.8 Å². The minimum atomic E-state index is -1.37. The average molecular weight is 598 g/mol. The summed E-state index contributed by atoms with van der Waals surface area (Å²) in [4.78, 5) is 55.1. The number of esters is 1. The highest BCUT2D eigenvalue weighted by molar-refractivity contribution is 5.94. The molecule has 2 aromatic rings. The molecule has 0 radical (unpaired) electrons. The van der Waals surface area contributed by atoms with Gasteiger partial charge in [-0.1, -0.05) is 54.1 Å². The zero-order valence-electron chi connectivity index (χ0n) is 26.8. The Bertz CT molecular complexity index is 1270. The van der Waals surface area contributed by atoms with Crippen LogP contribution in [0.3, 0.4) is 0 Å². The molecular formula is C33H47N3O7. The summed E-state index contributed by atoms with van der Waals surface area (Å²) >= 11 is 0. The van der Waals surface area contributed by atoms with Gasteiger partial charge in [-0.15, -0.1) is 0 Å². The van der Waals surface area contributed by atoms with E-state index in [1.165, 1.54) is 4.90 Å². The van der Waals surface area contributed by atoms with Crippen molar-refractivity contribution in [2.45, 2.75) is 98.1 Å². The molecule has 3 unspecified atom stereocenters. The lowest BCUT2D eigenvalue weighted by Gasteiger charge is -2.35. The molecule has 3 amide bonds. The topological polar surface area (TPSA) is 134 Å². The molecule has 3 N–H and O–H groups in total. The Labute approximate surface area is 255 Å². The number of nitrogens with zero attached hydrogens (tertiary/aromatic N) is 1. The minimum absolute atomic E-state index is 0.0620. The molecule has 0 bridgehead atoms. The van der Waals surface area contributed by atoms with Crippen molar-refractivity contribution in [3.05, 3.63) is 70.8 Å². The first-order chi connectivity index (χ1) is 20.0. The molecule has 0 spiro atoms. The fraction of sp³-hybridized carbons (Fsp3) is 0.515. The van der Waals surface area contributed by atoms with Crippen LogP contribution in [0.25, 0.3) is 0 Å². The molecule has 0 aromatic heterocycles. The van der Waals surface area contributed by atoms with E-state index in [1.54, 1.807) is 54.5 Å². The number of aliphatic hydroxyl groups excluding tert-OH is 1. The van der Waals surface area contributed by atoms with Gasteiger partial charge in [-0.2, -0.15) is 0 Å². The van der Waals surface area contributed by atoms with Crippen LogP contribution in [0.4, 0.5) is 4.79 Å². The zero-order chi connectivity index (χ0) is 32.5. The monoisotopic (exact) mass is 597 g/mol. The van der Waals surface area contributed by atoms with E-state index in [2.05, 4.69) is 10.6 Å². The van der Waals surface area contributed by atoms with Gasteiger partial charge in [0.2, 0.25) is 11.8 Å². The van der Waals surface area contributed by atoms with E-state index in [9.17, 15) is 24.3 Å². The lowest BCUT2D eigenvalue weighted by Crippen LogP contribution is -2.56. The number of rotatable bonds is 11. The molecular weight excluding hydrogens is 550 g/mol. The summed E-state index contributed by atoms with van der Waals surface area (Å²) in [5.74, 6) is -1.91. The number of benzene rings is 2. The Kier molecular flexibility index (Phi) is 12.3. The molecule has 0 fully saturated rings. The van der Waals surface area contributed by atoms with Crippen LogP contribution in [0.1, 0.15) is 76.8 Å². The summed E-state index contributed by atoms with van der Waals surface area (Å²) in [6.45, 7) is 15.1. The first kappa shape index (κ1) is 35.3. The van der Waals surface area contributed by atoms with E-state index in [0.717, 1.165) is 16.7 Å². The number of hydrogen-bond donors (Lipinski definition) is 3. The molecule has 10 nitrogen and oxygen atoms in total. The van der Waals surface area contributed by atoms with Gasteiger partial charge in [-0.05, 0) is 79.0 Å². The fourth-order valence-electron chi connectivity index (χ4n) is 4.55. The molecule has 0 heterocycles. The summed E-state index contributed by atoms with van der Waals surface area (Å²) in [5, 5.41) is 15.3. The first-order valence-corrected chi connectivity index (χ1v) is 14.5. The van der Waals surface area contributed by atoms with E-state index in [1.807, 2.05) is 56.3 Å². The highest BCUT2D eigenvalue weighted by Gasteiger charge is 2.38. The predicted molar refractivity (Wildman–Crippen MR) is 164 cm³/mol. The van der Waals surface area contributed by atoms with Crippen molar-refractivity contribution in [1.82, 2.24) is 15.5 Å². The third kappa shape index (κ3) is 11.0. The largest absolute Gasteiger partial charge is 0.458 e. The number of aliphatic hydroxyl groups is 1. The number of aryl methyl sites for hydroxylation is 2. The average Bonchev–Trinajstić information content (AvgIpc) is 2.88. The van der Waals surface area contributed by atoms with Crippen molar-refractivity contribution in [3.8, 4) is 0 Å². The summed E-state index contributed by atoms with van der Waals surface area (Å²) in [7, 11) is 0. The lowest BCUT2D eigenvalue weighted by atomic mass is 9.96. The number of alkyl carbamates (subject to hydrolysis) is 1. The van der Waals surface area contributed by atoms with Gasteiger partial charge >= 0.3 is 12.1 Å². The number of carbonyl (C=O) groups is 4. The summed E-state index contributed by atoms with van der Waals surface area (Å²) in [6, 6.07) is 11.1. The molecule has 3 atom stereocenters. The Morgan fingerprint density at radius 2 is 1.47 bits per heavy atom. The highest BCUT2D eigenvalue weighted by Crippen LogP contribution is 2.27. The Hall–Kier alpha value is -3.92. The maximum atomic E-state index is 14.2. The van der Waals surface area contributed by atoms with Crippen molar-refractivity contribution in [1.29, 1.82) is 0 Å². The standard InChI is InChI=1S/C33H47N3O7/c1-10-36(29(39)26(20-37)35-31(41)43-33(7,8)9)27(24-17-16-21(2)18-22(24)3)28(38)34-25(30(40)42-32(4,5)6)19-23-14-12-11-13-15-23/h11-18,25-27,37H,10,19-20H2,1-9H3,(H,34,38)(H,35,41). The quantitative estimate of drug-likeness (QED) is 0.331. The fourth-order valence-corrected chi connectivity index (χ4v) is 4.55. The third-order valence-electron chi connectivity index (χ3n) is 6.37. The molecule has 236 valence electrons. The SMILES string of the molecule is CCN(C(=O)C(CO)NC(=O)OC(C)(C)C)C(C(=O)NC(Cc1ccccc1)C(=O)OC(C)(C)C)c1ccc(C)cc1C. The Morgan fingerprint density at radius 1 is 0.860 bits per heavy atom. The van der Waals surface area contributed by atoms with Crippen molar-refractivity contribution in [2.24, 2.45) is 0 Å². The Morgan fingerprint density at radius 3 is 1.98 bits per heavy atom. The lowest BCUT2D eigenvalue weighted by molar-refractivity contribution is -0.159. The number of carbonyl (C=O) groups excluding carboxylic acids is 4. The minimum Gasteiger partial charge on any atom is -0.458 e. The van der Waals surface area contributed by atoms with Gasteiger partial charge in [0.1, 0.15) is 29.3 Å². The zero-order valence-corrected chi connectivity index (χ0v) is 26.8. The summed E-state index contributed by atoms with van der Waals surface area (Å²) in [5.41, 5.74) is 1.45. The molecule has 0 aliphatic rings. The second-order valence-corrected chi connectivity index (χ2v) is 12.6. The van der Waals surface area contributed by atoms with Crippen LogP contribution in [0, 0.1) is 13.8 Å². The highest BCUT2D eigenvalue weighted by atomic mass is 16.6. The van der Waals surface area contributed by atoms with Crippen molar-refractivity contribution >= 4 is 23.9 Å². The number of nitrogens with one attached hydrogen (secondary N) is 2. The van der Waals surface area contributed by atoms with Gasteiger partial charge in [0.05, 0.1) is 6.61 Å². The summed E-state index contributed by atoms with van der Waals surface area (Å²) in [6.07, 6.45) is -0.711. The van der Waals surface area contributed by atoms with Crippen molar-refractivity contribution in [2.75, 3.05) is 13.2 Å². The number of hydrogen-bond acceptors (Lipinski definition) is 7. The van der Waals surface area contributed by atoms with E-state index in [4.69, 9.17) is 9.47 Å². The maximum absolute atomic E-state index is 14.2. The van der Waals surface area contributed by atoms with E-state index in [0.29, 0.717) is 5.56 Å². The van der Waals surface area contributed by atoms with E-state index >= 15 is 0 Å². The molecule has 0 saturated carbocycles. The molecule has 2 aromatic carbocycles. The maximum Gasteiger partial charge on any atom is 0.408 e. The molecule has 0 aliphatic carbocycles. The van der Waals surface area contributed by atoms with Crippen LogP contribution in [-0.4, -0.2) is 70.3 Å². The summed E-state index contributed by atoms with van der Waals surface area (Å²) < 4.78 is 10.9. The van der Waals surface area contributed by atoms with Gasteiger partial charge in [0.15, 0.2) is 0 Å². The van der Waals surface area contributed by atoms with Crippen LogP contribution >= 0.6 is 0 Å². The van der Waals surface area contributed by atoms with Gasteiger partial charge in [-0.25, -0.2) is 9.59 Å². The normalized spacial score (nSPS) is 13.7. The molecule has 10 heteroatoms. The van der Waals surface area contributed by atoms with Crippen LogP contribution in [-0.2, 0) is 30.3 Å². The van der Waals surface area contributed by atoms with Gasteiger partial charge < -0.3 is 30.1 Å². The first-order valence-electron chi connectivity index (χ1n) is 14.5. The molecule has 0 saturated heterocycles. The number of likely N-dealkylation sites (N-methyl/N-ethyl adjacent to an activating group) is 1. The second kappa shape index (κ2) is 15.0. The molecule has 0 aliphatic heterocycles. The third-order valence-corrected chi connectivity index (χ3v) is 6.37.